The molecule has 1 aromatic carbocycles. The third-order valence-electron chi connectivity index (χ3n) is 5.16. The first-order valence-electron chi connectivity index (χ1n) is 9.09. The number of hydrogen-bond acceptors (Lipinski definition) is 4. The SMILES string of the molecule is CC(C)(C)OC(=O)N1C2CCC1(c1cc(F)c(CCN)cc1F)CNC2. The molecule has 7 heteroatoms. The van der Waals surface area contributed by atoms with Gasteiger partial charge >= 0.3 is 6.09 Å². The lowest BCUT2D eigenvalue weighted by Crippen LogP contribution is -2.61. The van der Waals surface area contributed by atoms with Gasteiger partial charge in [-0.1, -0.05) is 0 Å². The lowest BCUT2D eigenvalue weighted by molar-refractivity contribution is -0.0122. The molecule has 2 saturated heterocycles. The number of carbonyl (C=O) groups excluding carboxylic acids is 1. The van der Waals surface area contributed by atoms with Gasteiger partial charge in [0, 0.05) is 24.7 Å². The maximum Gasteiger partial charge on any atom is 0.411 e. The molecule has 26 heavy (non-hydrogen) atoms. The van der Waals surface area contributed by atoms with E-state index in [0.29, 0.717) is 19.5 Å². The summed E-state index contributed by atoms with van der Waals surface area (Å²) in [6.07, 6.45) is 1.08. The minimum absolute atomic E-state index is 0.0928. The number of hydrogen-bond donors (Lipinski definition) is 2. The third-order valence-corrected chi connectivity index (χ3v) is 5.16. The highest BCUT2D eigenvalue weighted by atomic mass is 19.1. The molecule has 3 rings (SSSR count). The van der Waals surface area contributed by atoms with Crippen molar-refractivity contribution in [2.45, 2.75) is 57.2 Å². The molecule has 2 aliphatic heterocycles. The predicted octanol–water partition coefficient (Wildman–Crippen LogP) is 2.66. The first kappa shape index (κ1) is 19.0. The maximum atomic E-state index is 14.9. The average Bonchev–Trinajstić information content (AvgIpc) is 2.76. The number of halogens is 2. The van der Waals surface area contributed by atoms with Gasteiger partial charge in [0.15, 0.2) is 0 Å². The molecule has 2 bridgehead atoms. The normalized spacial score (nSPS) is 25.5. The molecular weight excluding hydrogens is 340 g/mol. The number of nitrogens with two attached hydrogens (primary N) is 1. The van der Waals surface area contributed by atoms with Crippen molar-refractivity contribution >= 4 is 6.09 Å². The number of benzene rings is 1. The van der Waals surface area contributed by atoms with Gasteiger partial charge < -0.3 is 15.8 Å². The molecule has 1 aromatic rings. The summed E-state index contributed by atoms with van der Waals surface area (Å²) < 4.78 is 35.0. The number of piperazine rings is 1. The van der Waals surface area contributed by atoms with Crippen LogP contribution < -0.4 is 11.1 Å². The van der Waals surface area contributed by atoms with E-state index in [1.54, 1.807) is 25.7 Å². The van der Waals surface area contributed by atoms with Crippen LogP contribution in [0, 0.1) is 11.6 Å². The molecule has 0 radical (unpaired) electrons. The van der Waals surface area contributed by atoms with Crippen molar-refractivity contribution in [1.82, 2.24) is 10.2 Å². The molecule has 0 spiro atoms. The molecule has 2 aliphatic rings. The molecule has 2 atom stereocenters. The Kier molecular flexibility index (Phi) is 4.96. The fraction of sp³-hybridized carbons (Fsp3) is 0.632. The number of ether oxygens (including phenoxy) is 1. The summed E-state index contributed by atoms with van der Waals surface area (Å²) in [4.78, 5) is 14.5. The summed E-state index contributed by atoms with van der Waals surface area (Å²) in [6, 6.07) is 2.35. The number of nitrogens with one attached hydrogen (secondary N) is 1. The van der Waals surface area contributed by atoms with Crippen LogP contribution in [0.1, 0.15) is 44.7 Å². The first-order chi connectivity index (χ1) is 12.2. The Balaban J connectivity index is 2.03. The molecule has 1 amide bonds. The van der Waals surface area contributed by atoms with E-state index in [0.717, 1.165) is 6.42 Å². The third kappa shape index (κ3) is 3.30. The fourth-order valence-electron chi connectivity index (χ4n) is 4.10. The van der Waals surface area contributed by atoms with Gasteiger partial charge in [-0.25, -0.2) is 13.6 Å². The second-order valence-electron chi connectivity index (χ2n) is 8.17. The van der Waals surface area contributed by atoms with Crippen LogP contribution in [0.2, 0.25) is 0 Å². The smallest absolute Gasteiger partial charge is 0.411 e. The van der Waals surface area contributed by atoms with Crippen molar-refractivity contribution in [2.24, 2.45) is 5.73 Å². The van der Waals surface area contributed by atoms with E-state index in [1.807, 2.05) is 0 Å². The minimum atomic E-state index is -0.933. The second kappa shape index (κ2) is 6.78. The summed E-state index contributed by atoms with van der Waals surface area (Å²) in [5, 5.41) is 3.26. The second-order valence-corrected chi connectivity index (χ2v) is 8.17. The summed E-state index contributed by atoms with van der Waals surface area (Å²) in [7, 11) is 0. The zero-order valence-electron chi connectivity index (χ0n) is 15.6. The number of carbonyl (C=O) groups is 1. The Morgan fingerprint density at radius 3 is 2.77 bits per heavy atom. The van der Waals surface area contributed by atoms with Crippen molar-refractivity contribution in [3.63, 3.8) is 0 Å². The highest BCUT2D eigenvalue weighted by molar-refractivity contribution is 5.71. The number of nitrogens with zero attached hydrogens (tertiary/aromatic N) is 1. The van der Waals surface area contributed by atoms with Crippen LogP contribution in [-0.2, 0) is 16.7 Å². The van der Waals surface area contributed by atoms with Crippen molar-refractivity contribution < 1.29 is 18.3 Å². The monoisotopic (exact) mass is 367 g/mol. The number of amides is 1. The molecular formula is C19H27F2N3O2. The van der Waals surface area contributed by atoms with Gasteiger partial charge in [-0.15, -0.1) is 0 Å². The maximum absolute atomic E-state index is 14.9. The summed E-state index contributed by atoms with van der Waals surface area (Å²) in [6.45, 7) is 6.62. The van der Waals surface area contributed by atoms with Crippen molar-refractivity contribution in [1.29, 1.82) is 0 Å². The van der Waals surface area contributed by atoms with E-state index in [4.69, 9.17) is 10.5 Å². The van der Waals surface area contributed by atoms with Crippen LogP contribution >= 0.6 is 0 Å². The van der Waals surface area contributed by atoms with Gasteiger partial charge in [0.25, 0.3) is 0 Å². The Labute approximate surface area is 152 Å². The highest BCUT2D eigenvalue weighted by Gasteiger charge is 2.54. The van der Waals surface area contributed by atoms with E-state index in [-0.39, 0.29) is 30.1 Å². The zero-order valence-corrected chi connectivity index (χ0v) is 15.6. The summed E-state index contributed by atoms with van der Waals surface area (Å²) in [5.74, 6) is -0.993. The van der Waals surface area contributed by atoms with Gasteiger partial charge in [0.1, 0.15) is 17.2 Å². The van der Waals surface area contributed by atoms with Crippen molar-refractivity contribution in [3.8, 4) is 0 Å². The molecule has 2 heterocycles. The zero-order chi connectivity index (χ0) is 19.1. The van der Waals surface area contributed by atoms with Gasteiger partial charge in [-0.3, -0.25) is 4.90 Å². The number of fused-ring (bicyclic) bond motifs is 2. The van der Waals surface area contributed by atoms with Crippen LogP contribution in [0.5, 0.6) is 0 Å². The fourth-order valence-corrected chi connectivity index (χ4v) is 4.10. The Bertz CT molecular complexity index is 701. The first-order valence-corrected chi connectivity index (χ1v) is 9.09. The molecule has 0 aromatic heterocycles. The molecule has 0 saturated carbocycles. The molecule has 3 N–H and O–H groups in total. The van der Waals surface area contributed by atoms with Crippen LogP contribution in [0.3, 0.4) is 0 Å². The largest absolute Gasteiger partial charge is 0.444 e. The molecule has 2 fully saturated rings. The molecule has 0 aliphatic carbocycles. The molecule has 144 valence electrons. The Morgan fingerprint density at radius 1 is 1.38 bits per heavy atom. The Morgan fingerprint density at radius 2 is 2.12 bits per heavy atom. The average molecular weight is 367 g/mol. The van der Waals surface area contributed by atoms with Gasteiger partial charge in [0.2, 0.25) is 0 Å². The van der Waals surface area contributed by atoms with Crippen LogP contribution in [0.25, 0.3) is 0 Å². The van der Waals surface area contributed by atoms with Gasteiger partial charge in [0.05, 0.1) is 5.54 Å². The van der Waals surface area contributed by atoms with Crippen LogP contribution in [0.15, 0.2) is 12.1 Å². The van der Waals surface area contributed by atoms with E-state index in [9.17, 15) is 13.6 Å². The lowest BCUT2D eigenvalue weighted by Gasteiger charge is -2.45. The van der Waals surface area contributed by atoms with Gasteiger partial charge in [-0.2, -0.15) is 0 Å². The van der Waals surface area contributed by atoms with E-state index >= 15 is 0 Å². The van der Waals surface area contributed by atoms with Crippen molar-refractivity contribution in [3.05, 3.63) is 34.9 Å². The standard InChI is InChI=1S/C19H27F2N3O2/c1-18(2,3)26-17(25)24-13-4-6-19(24,11-23-10-13)14-9-15(20)12(5-7-22)8-16(14)21/h8-9,13,23H,4-7,10-11,22H2,1-3H3. The van der Waals surface area contributed by atoms with Crippen LogP contribution in [-0.4, -0.2) is 42.3 Å². The lowest BCUT2D eigenvalue weighted by atomic mass is 9.85. The summed E-state index contributed by atoms with van der Waals surface area (Å²) in [5.41, 5.74) is 4.34. The van der Waals surface area contributed by atoms with E-state index in [1.165, 1.54) is 12.1 Å². The van der Waals surface area contributed by atoms with E-state index in [2.05, 4.69) is 5.32 Å². The summed E-state index contributed by atoms with van der Waals surface area (Å²) >= 11 is 0. The van der Waals surface area contributed by atoms with Crippen LogP contribution in [0.4, 0.5) is 13.6 Å². The van der Waals surface area contributed by atoms with Crippen molar-refractivity contribution in [2.75, 3.05) is 19.6 Å². The molecule has 2 unspecified atom stereocenters. The Hall–Kier alpha value is -1.73. The highest BCUT2D eigenvalue weighted by Crippen LogP contribution is 2.46. The minimum Gasteiger partial charge on any atom is -0.444 e. The topological polar surface area (TPSA) is 67.6 Å². The van der Waals surface area contributed by atoms with E-state index < -0.39 is 28.9 Å². The predicted molar refractivity (Wildman–Crippen MR) is 94.8 cm³/mol. The quantitative estimate of drug-likeness (QED) is 0.862. The molecule has 5 nitrogen and oxygen atoms in total. The van der Waals surface area contributed by atoms with Gasteiger partial charge in [-0.05, 0) is 64.3 Å². The number of rotatable bonds is 3.